The summed E-state index contributed by atoms with van der Waals surface area (Å²) in [7, 11) is 0. The van der Waals surface area contributed by atoms with Crippen LogP contribution in [0.15, 0.2) is 24.3 Å². The molecule has 0 aromatic heterocycles. The van der Waals surface area contributed by atoms with Crippen molar-refractivity contribution in [1.82, 2.24) is 0 Å². The third kappa shape index (κ3) is 2.20. The quantitative estimate of drug-likeness (QED) is 0.819. The zero-order valence-corrected chi connectivity index (χ0v) is 8.93. The number of rotatable bonds is 2. The second-order valence-electron chi connectivity index (χ2n) is 3.45. The van der Waals surface area contributed by atoms with E-state index in [1.165, 1.54) is 5.56 Å². The van der Waals surface area contributed by atoms with E-state index in [1.54, 1.807) is 0 Å². The van der Waals surface area contributed by atoms with Crippen LogP contribution in [0.1, 0.15) is 24.3 Å². The van der Waals surface area contributed by atoms with Gasteiger partial charge in [0.1, 0.15) is 5.75 Å². The molecular weight excluding hydrogens is 198 g/mol. The number of para-hydroxylation sites is 1. The molecule has 0 aliphatic carbocycles. The van der Waals surface area contributed by atoms with Gasteiger partial charge in [-0.15, -0.1) is 12.4 Å². The number of halogens is 1. The molecule has 0 bridgehead atoms. The Morgan fingerprint density at radius 2 is 2.14 bits per heavy atom. The van der Waals surface area contributed by atoms with Gasteiger partial charge in [0.2, 0.25) is 0 Å². The minimum atomic E-state index is 0. The Kier molecular flexibility index (Phi) is 4.23. The summed E-state index contributed by atoms with van der Waals surface area (Å²) >= 11 is 0. The molecule has 1 heterocycles. The van der Waals surface area contributed by atoms with Crippen molar-refractivity contribution in [2.45, 2.75) is 18.8 Å². The maximum Gasteiger partial charge on any atom is 0.122 e. The summed E-state index contributed by atoms with van der Waals surface area (Å²) < 4.78 is 5.56. The topological polar surface area (TPSA) is 35.2 Å². The lowest BCUT2D eigenvalue weighted by Gasteiger charge is -2.25. The van der Waals surface area contributed by atoms with E-state index < -0.39 is 0 Å². The van der Waals surface area contributed by atoms with Crippen LogP contribution >= 0.6 is 12.4 Å². The first-order valence-corrected chi connectivity index (χ1v) is 4.83. The summed E-state index contributed by atoms with van der Waals surface area (Å²) in [5, 5.41) is 0. The van der Waals surface area contributed by atoms with Gasteiger partial charge in [0, 0.05) is 0 Å². The Morgan fingerprint density at radius 3 is 2.93 bits per heavy atom. The van der Waals surface area contributed by atoms with Crippen molar-refractivity contribution in [3.8, 4) is 5.75 Å². The van der Waals surface area contributed by atoms with Gasteiger partial charge >= 0.3 is 0 Å². The van der Waals surface area contributed by atoms with Crippen LogP contribution in [0.5, 0.6) is 5.75 Å². The average molecular weight is 214 g/mol. The monoisotopic (exact) mass is 213 g/mol. The van der Waals surface area contributed by atoms with Crippen molar-refractivity contribution < 1.29 is 4.74 Å². The highest BCUT2D eigenvalue weighted by Gasteiger charge is 2.19. The number of fused-ring (bicyclic) bond motifs is 1. The number of nitrogens with two attached hydrogens (primary N) is 1. The molecule has 0 spiro atoms. The standard InChI is InChI=1S/C11H15NO.ClH/c12-7-5-9-6-8-13-11-4-2-1-3-10(9)11;/h1-4,9H,5-8,12H2;1H. The van der Waals surface area contributed by atoms with E-state index in [1.807, 2.05) is 12.1 Å². The Balaban J connectivity index is 0.000000980. The number of hydrogen-bond acceptors (Lipinski definition) is 2. The van der Waals surface area contributed by atoms with Crippen molar-refractivity contribution >= 4 is 12.4 Å². The fourth-order valence-corrected chi connectivity index (χ4v) is 1.92. The van der Waals surface area contributed by atoms with Crippen molar-refractivity contribution in [3.05, 3.63) is 29.8 Å². The number of hydrogen-bond donors (Lipinski definition) is 1. The molecule has 1 aliphatic heterocycles. The molecule has 3 heteroatoms. The van der Waals surface area contributed by atoms with Crippen LogP contribution in [-0.4, -0.2) is 13.2 Å². The van der Waals surface area contributed by atoms with Crippen molar-refractivity contribution in [2.24, 2.45) is 5.73 Å². The highest BCUT2D eigenvalue weighted by molar-refractivity contribution is 5.85. The molecule has 2 nitrogen and oxygen atoms in total. The maximum absolute atomic E-state index is 5.58. The molecule has 2 rings (SSSR count). The molecule has 0 saturated carbocycles. The van der Waals surface area contributed by atoms with E-state index in [-0.39, 0.29) is 12.4 Å². The van der Waals surface area contributed by atoms with Crippen LogP contribution < -0.4 is 10.5 Å². The summed E-state index contributed by atoms with van der Waals surface area (Å²) in [6, 6.07) is 8.27. The first-order chi connectivity index (χ1) is 6.42. The molecule has 1 aromatic carbocycles. The van der Waals surface area contributed by atoms with Gasteiger partial charge in [-0.2, -0.15) is 0 Å². The van der Waals surface area contributed by atoms with E-state index in [9.17, 15) is 0 Å². The van der Waals surface area contributed by atoms with Gasteiger partial charge in [-0.3, -0.25) is 0 Å². The van der Waals surface area contributed by atoms with Crippen LogP contribution in [0.25, 0.3) is 0 Å². The minimum Gasteiger partial charge on any atom is -0.493 e. The summed E-state index contributed by atoms with van der Waals surface area (Å²) in [4.78, 5) is 0. The van der Waals surface area contributed by atoms with E-state index in [0.717, 1.165) is 31.7 Å². The van der Waals surface area contributed by atoms with Gasteiger partial charge in [-0.05, 0) is 36.9 Å². The van der Waals surface area contributed by atoms with Gasteiger partial charge < -0.3 is 10.5 Å². The molecule has 0 amide bonds. The predicted octanol–water partition coefficient (Wildman–Crippen LogP) is 2.32. The second kappa shape index (κ2) is 5.23. The third-order valence-corrected chi connectivity index (χ3v) is 2.60. The molecule has 0 radical (unpaired) electrons. The van der Waals surface area contributed by atoms with Crippen LogP contribution in [0.4, 0.5) is 0 Å². The molecule has 14 heavy (non-hydrogen) atoms. The van der Waals surface area contributed by atoms with E-state index >= 15 is 0 Å². The molecule has 2 N–H and O–H groups in total. The highest BCUT2D eigenvalue weighted by Crippen LogP contribution is 2.34. The van der Waals surface area contributed by atoms with Crippen LogP contribution in [0, 0.1) is 0 Å². The molecule has 0 fully saturated rings. The maximum atomic E-state index is 5.58. The first kappa shape index (κ1) is 11.3. The van der Waals surface area contributed by atoms with Gasteiger partial charge in [0.15, 0.2) is 0 Å². The van der Waals surface area contributed by atoms with Crippen molar-refractivity contribution in [1.29, 1.82) is 0 Å². The minimum absolute atomic E-state index is 0. The molecule has 1 aliphatic rings. The number of ether oxygens (including phenoxy) is 1. The average Bonchev–Trinajstić information content (AvgIpc) is 2.19. The third-order valence-electron chi connectivity index (χ3n) is 2.60. The van der Waals surface area contributed by atoms with Gasteiger partial charge in [-0.25, -0.2) is 0 Å². The Bertz CT molecular complexity index is 290. The van der Waals surface area contributed by atoms with Crippen LogP contribution in [0.2, 0.25) is 0 Å². The zero-order chi connectivity index (χ0) is 9.10. The van der Waals surface area contributed by atoms with Crippen molar-refractivity contribution in [2.75, 3.05) is 13.2 Å². The molecule has 1 unspecified atom stereocenters. The first-order valence-electron chi connectivity index (χ1n) is 4.83. The van der Waals surface area contributed by atoms with Gasteiger partial charge in [-0.1, -0.05) is 18.2 Å². The molecular formula is C11H16ClNO. The Hall–Kier alpha value is -0.730. The molecule has 78 valence electrons. The summed E-state index contributed by atoms with van der Waals surface area (Å²) in [5.41, 5.74) is 6.91. The summed E-state index contributed by atoms with van der Waals surface area (Å²) in [6.45, 7) is 1.60. The number of benzene rings is 1. The fourth-order valence-electron chi connectivity index (χ4n) is 1.92. The fraction of sp³-hybridized carbons (Fsp3) is 0.455. The van der Waals surface area contributed by atoms with E-state index in [0.29, 0.717) is 5.92 Å². The molecule has 1 aromatic rings. The largest absolute Gasteiger partial charge is 0.493 e. The Morgan fingerprint density at radius 1 is 1.36 bits per heavy atom. The van der Waals surface area contributed by atoms with Gasteiger partial charge in [0.05, 0.1) is 6.61 Å². The summed E-state index contributed by atoms with van der Waals surface area (Å²) in [6.07, 6.45) is 2.18. The predicted molar refractivity (Wildman–Crippen MR) is 60.2 cm³/mol. The highest BCUT2D eigenvalue weighted by atomic mass is 35.5. The Labute approximate surface area is 90.9 Å². The van der Waals surface area contributed by atoms with Crippen LogP contribution in [0.3, 0.4) is 0 Å². The molecule has 1 atom stereocenters. The van der Waals surface area contributed by atoms with E-state index in [2.05, 4.69) is 12.1 Å². The summed E-state index contributed by atoms with van der Waals surface area (Å²) in [5.74, 6) is 1.65. The molecule has 0 saturated heterocycles. The van der Waals surface area contributed by atoms with Gasteiger partial charge in [0.25, 0.3) is 0 Å². The second-order valence-corrected chi connectivity index (χ2v) is 3.45. The van der Waals surface area contributed by atoms with Crippen LogP contribution in [-0.2, 0) is 0 Å². The van der Waals surface area contributed by atoms with Crippen molar-refractivity contribution in [3.63, 3.8) is 0 Å². The lowest BCUT2D eigenvalue weighted by atomic mass is 9.90. The van der Waals surface area contributed by atoms with E-state index in [4.69, 9.17) is 10.5 Å². The zero-order valence-electron chi connectivity index (χ0n) is 8.11. The SMILES string of the molecule is Cl.NCCC1CCOc2ccccc21. The smallest absolute Gasteiger partial charge is 0.122 e. The lowest BCUT2D eigenvalue weighted by Crippen LogP contribution is -2.16. The normalized spacial score (nSPS) is 19.1. The lowest BCUT2D eigenvalue weighted by molar-refractivity contribution is 0.264.